The van der Waals surface area contributed by atoms with E-state index in [1.54, 1.807) is 11.9 Å². The van der Waals surface area contributed by atoms with E-state index in [2.05, 4.69) is 22.6 Å². The van der Waals surface area contributed by atoms with Gasteiger partial charge in [0.05, 0.1) is 5.56 Å². The first kappa shape index (κ1) is 13.1. The summed E-state index contributed by atoms with van der Waals surface area (Å²) >= 11 is 2.19. The molecule has 92 valence electrons. The van der Waals surface area contributed by atoms with Gasteiger partial charge in [-0.2, -0.15) is 0 Å². The summed E-state index contributed by atoms with van der Waals surface area (Å²) < 4.78 is 0.972. The van der Waals surface area contributed by atoms with Crippen molar-refractivity contribution in [2.24, 2.45) is 0 Å². The lowest BCUT2D eigenvalue weighted by atomic mass is 10.1. The average molecular weight is 351 g/mol. The Morgan fingerprint density at radius 1 is 1.11 bits per heavy atom. The van der Waals surface area contributed by atoms with E-state index in [0.29, 0.717) is 0 Å². The highest BCUT2D eigenvalue weighted by molar-refractivity contribution is 14.1. The van der Waals surface area contributed by atoms with Crippen molar-refractivity contribution in [1.82, 2.24) is 0 Å². The summed E-state index contributed by atoms with van der Waals surface area (Å²) in [6.45, 7) is 2.02. The van der Waals surface area contributed by atoms with Crippen LogP contribution in [-0.4, -0.2) is 13.0 Å². The molecule has 0 aliphatic heterocycles. The van der Waals surface area contributed by atoms with Crippen LogP contribution in [0.25, 0.3) is 0 Å². The predicted octanol–water partition coefficient (Wildman–Crippen LogP) is 3.88. The largest absolute Gasteiger partial charge is 0.311 e. The highest BCUT2D eigenvalue weighted by Gasteiger charge is 2.15. The van der Waals surface area contributed by atoms with Gasteiger partial charge in [0, 0.05) is 16.3 Å². The molecule has 0 heterocycles. The molecule has 3 heteroatoms. The van der Waals surface area contributed by atoms with Crippen molar-refractivity contribution in [2.45, 2.75) is 6.92 Å². The molecule has 2 rings (SSSR count). The van der Waals surface area contributed by atoms with Gasteiger partial charge in [0.25, 0.3) is 5.91 Å². The van der Waals surface area contributed by atoms with Crippen LogP contribution in [0.1, 0.15) is 15.9 Å². The van der Waals surface area contributed by atoms with Crippen molar-refractivity contribution >= 4 is 34.2 Å². The lowest BCUT2D eigenvalue weighted by molar-refractivity contribution is 0.0992. The second-order valence-corrected chi connectivity index (χ2v) is 5.35. The molecular formula is C15H14INO. The number of carbonyl (C=O) groups excluding carboxylic acids is 1. The Morgan fingerprint density at radius 3 is 2.50 bits per heavy atom. The molecule has 0 radical (unpaired) electrons. The smallest absolute Gasteiger partial charge is 0.259 e. The summed E-state index contributed by atoms with van der Waals surface area (Å²) in [5.74, 6) is 0.0191. The van der Waals surface area contributed by atoms with Crippen LogP contribution in [0.4, 0.5) is 5.69 Å². The monoisotopic (exact) mass is 351 g/mol. The van der Waals surface area contributed by atoms with Gasteiger partial charge in [0.15, 0.2) is 0 Å². The molecule has 0 atom stereocenters. The van der Waals surface area contributed by atoms with E-state index in [1.165, 1.54) is 0 Å². The fraction of sp³-hybridized carbons (Fsp3) is 0.133. The number of nitrogens with zero attached hydrogens (tertiary/aromatic N) is 1. The molecular weight excluding hydrogens is 337 g/mol. The third-order valence-corrected chi connectivity index (χ3v) is 3.74. The standard InChI is InChI=1S/C15H14INO/c1-11-6-5-7-12(10-11)17(2)15(18)13-8-3-4-9-14(13)16/h3-10H,1-2H3. The molecule has 0 saturated heterocycles. The van der Waals surface area contributed by atoms with Crippen molar-refractivity contribution in [3.63, 3.8) is 0 Å². The molecule has 1 amide bonds. The van der Waals surface area contributed by atoms with Gasteiger partial charge in [-0.3, -0.25) is 4.79 Å². The van der Waals surface area contributed by atoms with Gasteiger partial charge in [-0.25, -0.2) is 0 Å². The molecule has 18 heavy (non-hydrogen) atoms. The zero-order valence-electron chi connectivity index (χ0n) is 10.4. The third kappa shape index (κ3) is 2.72. The van der Waals surface area contributed by atoms with Gasteiger partial charge < -0.3 is 4.90 Å². The topological polar surface area (TPSA) is 20.3 Å². The average Bonchev–Trinajstić information content (AvgIpc) is 2.37. The van der Waals surface area contributed by atoms with Crippen LogP contribution >= 0.6 is 22.6 Å². The second-order valence-electron chi connectivity index (χ2n) is 4.18. The van der Waals surface area contributed by atoms with Gasteiger partial charge in [-0.1, -0.05) is 24.3 Å². The molecule has 2 aromatic rings. The minimum absolute atomic E-state index is 0.0191. The highest BCUT2D eigenvalue weighted by Crippen LogP contribution is 2.19. The summed E-state index contributed by atoms with van der Waals surface area (Å²) in [6.07, 6.45) is 0. The van der Waals surface area contributed by atoms with Crippen LogP contribution in [0, 0.1) is 10.5 Å². The van der Waals surface area contributed by atoms with Gasteiger partial charge >= 0.3 is 0 Å². The molecule has 0 bridgehead atoms. The maximum Gasteiger partial charge on any atom is 0.259 e. The van der Waals surface area contributed by atoms with Crippen molar-refractivity contribution in [3.05, 3.63) is 63.2 Å². The zero-order chi connectivity index (χ0) is 13.1. The molecule has 2 nitrogen and oxygen atoms in total. The van der Waals surface area contributed by atoms with Crippen LogP contribution in [0.3, 0.4) is 0 Å². The van der Waals surface area contributed by atoms with Crippen molar-refractivity contribution in [3.8, 4) is 0 Å². The van der Waals surface area contributed by atoms with Gasteiger partial charge in [-0.05, 0) is 59.3 Å². The number of halogens is 1. The number of aryl methyl sites for hydroxylation is 1. The molecule has 0 spiro atoms. The summed E-state index contributed by atoms with van der Waals surface area (Å²) in [4.78, 5) is 14.1. The maximum absolute atomic E-state index is 12.4. The Labute approximate surface area is 121 Å². The molecule has 0 fully saturated rings. The normalized spacial score (nSPS) is 10.2. The van der Waals surface area contributed by atoms with Crippen LogP contribution in [0.5, 0.6) is 0 Å². The minimum Gasteiger partial charge on any atom is -0.311 e. The number of hydrogen-bond donors (Lipinski definition) is 0. The molecule has 0 aliphatic carbocycles. The SMILES string of the molecule is Cc1cccc(N(C)C(=O)c2ccccc2I)c1. The molecule has 0 saturated carbocycles. The van der Waals surface area contributed by atoms with E-state index < -0.39 is 0 Å². The lowest BCUT2D eigenvalue weighted by Crippen LogP contribution is -2.26. The first-order chi connectivity index (χ1) is 8.59. The maximum atomic E-state index is 12.4. The fourth-order valence-electron chi connectivity index (χ4n) is 1.77. The van der Waals surface area contributed by atoms with Crippen LogP contribution in [-0.2, 0) is 0 Å². The third-order valence-electron chi connectivity index (χ3n) is 2.80. The van der Waals surface area contributed by atoms with Crippen LogP contribution in [0.2, 0.25) is 0 Å². The quantitative estimate of drug-likeness (QED) is 0.752. The number of hydrogen-bond acceptors (Lipinski definition) is 1. The molecule has 0 N–H and O–H groups in total. The van der Waals surface area contributed by atoms with E-state index >= 15 is 0 Å². The van der Waals surface area contributed by atoms with E-state index in [9.17, 15) is 4.79 Å². The summed E-state index contributed by atoms with van der Waals surface area (Å²) in [5, 5.41) is 0. The van der Waals surface area contributed by atoms with Crippen molar-refractivity contribution < 1.29 is 4.79 Å². The Hall–Kier alpha value is -1.36. The molecule has 0 aromatic heterocycles. The van der Waals surface area contributed by atoms with E-state index in [-0.39, 0.29) is 5.91 Å². The second kappa shape index (κ2) is 5.52. The first-order valence-electron chi connectivity index (χ1n) is 5.69. The fourth-order valence-corrected chi connectivity index (χ4v) is 2.39. The Bertz CT molecular complexity index is 580. The summed E-state index contributed by atoms with van der Waals surface area (Å²) in [5.41, 5.74) is 2.80. The number of benzene rings is 2. The van der Waals surface area contributed by atoms with Gasteiger partial charge in [-0.15, -0.1) is 0 Å². The predicted molar refractivity (Wildman–Crippen MR) is 83.1 cm³/mol. The molecule has 0 unspecified atom stereocenters. The number of anilines is 1. The Balaban J connectivity index is 2.32. The zero-order valence-corrected chi connectivity index (χ0v) is 12.5. The lowest BCUT2D eigenvalue weighted by Gasteiger charge is -2.18. The summed E-state index contributed by atoms with van der Waals surface area (Å²) in [7, 11) is 1.81. The number of rotatable bonds is 2. The van der Waals surface area contributed by atoms with Gasteiger partial charge in [0.2, 0.25) is 0 Å². The van der Waals surface area contributed by atoms with E-state index in [0.717, 1.165) is 20.4 Å². The van der Waals surface area contributed by atoms with Crippen LogP contribution in [0.15, 0.2) is 48.5 Å². The number of amides is 1. The van der Waals surface area contributed by atoms with Crippen molar-refractivity contribution in [2.75, 3.05) is 11.9 Å². The Kier molecular flexibility index (Phi) is 4.01. The van der Waals surface area contributed by atoms with Crippen LogP contribution < -0.4 is 4.90 Å². The molecule has 0 aliphatic rings. The Morgan fingerprint density at radius 2 is 1.83 bits per heavy atom. The minimum atomic E-state index is 0.0191. The van der Waals surface area contributed by atoms with Gasteiger partial charge in [0.1, 0.15) is 0 Å². The number of carbonyl (C=O) groups is 1. The van der Waals surface area contributed by atoms with E-state index in [1.807, 2.05) is 55.5 Å². The summed E-state index contributed by atoms with van der Waals surface area (Å²) in [6, 6.07) is 15.6. The molecule has 2 aromatic carbocycles. The first-order valence-corrected chi connectivity index (χ1v) is 6.77. The highest BCUT2D eigenvalue weighted by atomic mass is 127. The van der Waals surface area contributed by atoms with Crippen molar-refractivity contribution in [1.29, 1.82) is 0 Å². The van der Waals surface area contributed by atoms with E-state index in [4.69, 9.17) is 0 Å².